The molecule has 154 valence electrons. The zero-order chi connectivity index (χ0) is 20.7. The summed E-state index contributed by atoms with van der Waals surface area (Å²) in [4.78, 5) is 20.2. The Bertz CT molecular complexity index is 1110. The highest BCUT2D eigenvalue weighted by molar-refractivity contribution is 5.91. The summed E-state index contributed by atoms with van der Waals surface area (Å²) < 4.78 is 5.48. The van der Waals surface area contributed by atoms with Gasteiger partial charge in [-0.1, -0.05) is 24.3 Å². The van der Waals surface area contributed by atoms with Crippen molar-refractivity contribution in [1.82, 2.24) is 9.88 Å². The van der Waals surface area contributed by atoms with Crippen LogP contribution in [0.3, 0.4) is 0 Å². The van der Waals surface area contributed by atoms with Gasteiger partial charge in [-0.15, -0.1) is 0 Å². The first kappa shape index (κ1) is 18.9. The molecule has 2 aliphatic heterocycles. The maximum atomic E-state index is 11.4. The highest BCUT2D eigenvalue weighted by Gasteiger charge is 2.30. The number of ether oxygens (including phenoxy) is 1. The van der Waals surface area contributed by atoms with Crippen molar-refractivity contribution >= 4 is 28.8 Å². The SMILES string of the molecule is Cc1cccc(C2CCN2C=O)c1-c1ccc2nc(N)c(N3CCOCC3)cc2c1. The van der Waals surface area contributed by atoms with Gasteiger partial charge in [0, 0.05) is 25.0 Å². The molecule has 2 fully saturated rings. The van der Waals surface area contributed by atoms with E-state index in [0.717, 1.165) is 54.6 Å². The number of amides is 1. The van der Waals surface area contributed by atoms with Crippen molar-refractivity contribution in [3.63, 3.8) is 0 Å². The van der Waals surface area contributed by atoms with Gasteiger partial charge in [-0.3, -0.25) is 4.79 Å². The van der Waals surface area contributed by atoms with Crippen molar-refractivity contribution in [3.05, 3.63) is 53.6 Å². The number of carbonyl (C=O) groups is 1. The first-order chi connectivity index (χ1) is 14.7. The van der Waals surface area contributed by atoms with Crippen LogP contribution in [0.5, 0.6) is 0 Å². The molecule has 0 radical (unpaired) electrons. The van der Waals surface area contributed by atoms with Gasteiger partial charge >= 0.3 is 0 Å². The van der Waals surface area contributed by atoms with Gasteiger partial charge in [0.05, 0.1) is 30.5 Å². The average Bonchev–Trinajstić information content (AvgIpc) is 2.73. The highest BCUT2D eigenvalue weighted by Crippen LogP contribution is 2.40. The number of fused-ring (bicyclic) bond motifs is 1. The molecule has 5 rings (SSSR count). The standard InChI is InChI=1S/C24H26N4O2/c1-16-3-2-4-19(21-7-8-28(21)15-29)23(16)17-5-6-20-18(13-17)14-22(24(25)26-20)27-9-11-30-12-10-27/h2-6,13-15,21H,7-12H2,1H3,(H2,25,26). The number of aryl methyl sites for hydroxylation is 1. The van der Waals surface area contributed by atoms with E-state index in [1.54, 1.807) is 0 Å². The number of aromatic nitrogens is 1. The van der Waals surface area contributed by atoms with E-state index in [2.05, 4.69) is 53.2 Å². The second-order valence-electron chi connectivity index (χ2n) is 8.09. The number of rotatable bonds is 4. The van der Waals surface area contributed by atoms with E-state index in [4.69, 9.17) is 10.5 Å². The number of nitrogen functional groups attached to an aromatic ring is 1. The first-order valence-corrected chi connectivity index (χ1v) is 10.5. The molecule has 2 N–H and O–H groups in total. The fourth-order valence-corrected chi connectivity index (χ4v) is 4.62. The van der Waals surface area contributed by atoms with Gasteiger partial charge in [0.1, 0.15) is 5.82 Å². The van der Waals surface area contributed by atoms with E-state index in [-0.39, 0.29) is 6.04 Å². The smallest absolute Gasteiger partial charge is 0.210 e. The second-order valence-corrected chi connectivity index (χ2v) is 8.09. The van der Waals surface area contributed by atoms with Crippen molar-refractivity contribution in [2.75, 3.05) is 43.5 Å². The number of likely N-dealkylation sites (tertiary alicyclic amines) is 1. The third kappa shape index (κ3) is 3.17. The van der Waals surface area contributed by atoms with Crippen molar-refractivity contribution in [3.8, 4) is 11.1 Å². The van der Waals surface area contributed by atoms with Crippen molar-refractivity contribution in [1.29, 1.82) is 0 Å². The van der Waals surface area contributed by atoms with Crippen LogP contribution >= 0.6 is 0 Å². The minimum Gasteiger partial charge on any atom is -0.382 e. The van der Waals surface area contributed by atoms with Crippen molar-refractivity contribution in [2.45, 2.75) is 19.4 Å². The number of benzene rings is 2. The van der Waals surface area contributed by atoms with Crippen LogP contribution in [0.4, 0.5) is 11.5 Å². The van der Waals surface area contributed by atoms with Crippen LogP contribution < -0.4 is 10.6 Å². The summed E-state index contributed by atoms with van der Waals surface area (Å²) in [6, 6.07) is 15.0. The van der Waals surface area contributed by atoms with Crippen molar-refractivity contribution in [2.24, 2.45) is 0 Å². The number of hydrogen-bond donors (Lipinski definition) is 1. The Hall–Kier alpha value is -3.12. The van der Waals surface area contributed by atoms with Crippen LogP contribution in [0.25, 0.3) is 22.0 Å². The van der Waals surface area contributed by atoms with Gasteiger partial charge in [-0.25, -0.2) is 4.98 Å². The molecule has 2 aliphatic rings. The molecular weight excluding hydrogens is 376 g/mol. The molecule has 3 heterocycles. The Morgan fingerprint density at radius 3 is 2.70 bits per heavy atom. The fourth-order valence-electron chi connectivity index (χ4n) is 4.62. The molecule has 1 aromatic heterocycles. The van der Waals surface area contributed by atoms with Gasteiger partial charge in [0.25, 0.3) is 0 Å². The molecule has 6 heteroatoms. The molecule has 6 nitrogen and oxygen atoms in total. The molecule has 0 saturated carbocycles. The third-order valence-corrected chi connectivity index (χ3v) is 6.32. The molecule has 2 saturated heterocycles. The molecule has 1 amide bonds. The number of morpholine rings is 1. The minimum atomic E-state index is 0.154. The highest BCUT2D eigenvalue weighted by atomic mass is 16.5. The first-order valence-electron chi connectivity index (χ1n) is 10.5. The quantitative estimate of drug-likeness (QED) is 0.676. The second kappa shape index (κ2) is 7.61. The number of nitrogens with two attached hydrogens (primary N) is 1. The predicted molar refractivity (Wildman–Crippen MR) is 119 cm³/mol. The van der Waals surface area contributed by atoms with Crippen LogP contribution in [0.2, 0.25) is 0 Å². The lowest BCUT2D eigenvalue weighted by Gasteiger charge is -2.39. The van der Waals surface area contributed by atoms with Gasteiger partial charge in [0.2, 0.25) is 6.41 Å². The van der Waals surface area contributed by atoms with Gasteiger partial charge in [-0.2, -0.15) is 0 Å². The van der Waals surface area contributed by atoms with Crippen LogP contribution in [0.1, 0.15) is 23.6 Å². The van der Waals surface area contributed by atoms with E-state index in [1.807, 2.05) is 11.0 Å². The number of hydrogen-bond acceptors (Lipinski definition) is 5. The van der Waals surface area contributed by atoms with Crippen LogP contribution in [-0.2, 0) is 9.53 Å². The van der Waals surface area contributed by atoms with E-state index in [0.29, 0.717) is 19.0 Å². The molecule has 0 bridgehead atoms. The van der Waals surface area contributed by atoms with E-state index in [9.17, 15) is 4.79 Å². The third-order valence-electron chi connectivity index (χ3n) is 6.32. The predicted octanol–water partition coefficient (Wildman–Crippen LogP) is 3.53. The summed E-state index contributed by atoms with van der Waals surface area (Å²) in [6.45, 7) is 6.01. The lowest BCUT2D eigenvalue weighted by Crippen LogP contribution is -2.39. The Morgan fingerprint density at radius 2 is 1.97 bits per heavy atom. The fraction of sp³-hybridized carbons (Fsp3) is 0.333. The molecule has 1 atom stereocenters. The number of nitrogens with zero attached hydrogens (tertiary/aromatic N) is 3. The summed E-state index contributed by atoms with van der Waals surface area (Å²) >= 11 is 0. The Kier molecular flexibility index (Phi) is 4.79. The monoisotopic (exact) mass is 402 g/mol. The zero-order valence-corrected chi connectivity index (χ0v) is 17.2. The van der Waals surface area contributed by atoms with Crippen LogP contribution in [-0.4, -0.2) is 49.1 Å². The largest absolute Gasteiger partial charge is 0.382 e. The summed E-state index contributed by atoms with van der Waals surface area (Å²) in [5, 5.41) is 1.07. The van der Waals surface area contributed by atoms with Gasteiger partial charge < -0.3 is 20.3 Å². The number of anilines is 2. The maximum absolute atomic E-state index is 11.4. The maximum Gasteiger partial charge on any atom is 0.210 e. The average molecular weight is 402 g/mol. The molecule has 3 aromatic rings. The molecule has 1 unspecified atom stereocenters. The normalized spacial score (nSPS) is 19.0. The lowest BCUT2D eigenvalue weighted by atomic mass is 9.86. The molecule has 30 heavy (non-hydrogen) atoms. The summed E-state index contributed by atoms with van der Waals surface area (Å²) in [6.07, 6.45) is 1.96. The Balaban J connectivity index is 1.60. The molecular formula is C24H26N4O2. The van der Waals surface area contributed by atoms with E-state index < -0.39 is 0 Å². The van der Waals surface area contributed by atoms with Crippen molar-refractivity contribution < 1.29 is 9.53 Å². The molecule has 0 aliphatic carbocycles. The van der Waals surface area contributed by atoms with Crippen LogP contribution in [0.15, 0.2) is 42.5 Å². The number of carbonyl (C=O) groups excluding carboxylic acids is 1. The molecule has 0 spiro atoms. The number of pyridine rings is 1. The molecule has 2 aromatic carbocycles. The minimum absolute atomic E-state index is 0.154. The van der Waals surface area contributed by atoms with Crippen LogP contribution in [0, 0.1) is 6.92 Å². The van der Waals surface area contributed by atoms with E-state index in [1.165, 1.54) is 16.7 Å². The lowest BCUT2D eigenvalue weighted by molar-refractivity contribution is -0.125. The van der Waals surface area contributed by atoms with Gasteiger partial charge in [0.15, 0.2) is 0 Å². The Labute approximate surface area is 176 Å². The Morgan fingerprint density at radius 1 is 1.13 bits per heavy atom. The zero-order valence-electron chi connectivity index (χ0n) is 17.2. The summed E-state index contributed by atoms with van der Waals surface area (Å²) in [5.74, 6) is 0.560. The summed E-state index contributed by atoms with van der Waals surface area (Å²) in [7, 11) is 0. The van der Waals surface area contributed by atoms with E-state index >= 15 is 0 Å². The topological polar surface area (TPSA) is 71.7 Å². The van der Waals surface area contributed by atoms with Gasteiger partial charge in [-0.05, 0) is 53.8 Å². The summed E-state index contributed by atoms with van der Waals surface area (Å²) in [5.41, 5.74) is 12.9.